The fourth-order valence-corrected chi connectivity index (χ4v) is 3.98. The SMILES string of the molecule is NC[C@H](NCc1ccc2c(c1)C(=O)N(C1CCC(=O)NC1=O)C2)c1ccccc1. The highest BCUT2D eigenvalue weighted by atomic mass is 16.2. The number of piperidine rings is 1. The van der Waals surface area contributed by atoms with Gasteiger partial charge in [-0.15, -0.1) is 0 Å². The third-order valence-corrected chi connectivity index (χ3v) is 5.58. The number of carbonyl (C=O) groups is 3. The molecule has 0 aromatic heterocycles. The fourth-order valence-electron chi connectivity index (χ4n) is 3.98. The molecule has 2 heterocycles. The van der Waals surface area contributed by atoms with E-state index >= 15 is 0 Å². The van der Waals surface area contributed by atoms with Gasteiger partial charge in [0.1, 0.15) is 6.04 Å². The molecule has 0 aliphatic carbocycles. The number of rotatable bonds is 6. The topological polar surface area (TPSA) is 105 Å². The number of benzene rings is 2. The Morgan fingerprint density at radius 2 is 1.93 bits per heavy atom. The maximum Gasteiger partial charge on any atom is 0.255 e. The van der Waals surface area contributed by atoms with Gasteiger partial charge in [0.2, 0.25) is 11.8 Å². The van der Waals surface area contributed by atoms with E-state index in [4.69, 9.17) is 5.73 Å². The lowest BCUT2D eigenvalue weighted by Crippen LogP contribution is -2.52. The van der Waals surface area contributed by atoms with Crippen molar-refractivity contribution in [2.45, 2.75) is 38.0 Å². The molecule has 3 amide bonds. The van der Waals surface area contributed by atoms with Crippen LogP contribution in [0.2, 0.25) is 0 Å². The van der Waals surface area contributed by atoms with Crippen molar-refractivity contribution in [1.29, 1.82) is 0 Å². The molecule has 1 unspecified atom stereocenters. The highest BCUT2D eigenvalue weighted by molar-refractivity contribution is 6.05. The fraction of sp³-hybridized carbons (Fsp3) is 0.318. The smallest absolute Gasteiger partial charge is 0.255 e. The van der Waals surface area contributed by atoms with Gasteiger partial charge in [-0.25, -0.2) is 0 Å². The Balaban J connectivity index is 1.45. The molecule has 7 heteroatoms. The second kappa shape index (κ2) is 8.14. The van der Waals surface area contributed by atoms with Gasteiger partial charge >= 0.3 is 0 Å². The van der Waals surface area contributed by atoms with Gasteiger partial charge in [0.25, 0.3) is 5.91 Å². The quantitative estimate of drug-likeness (QED) is 0.642. The Morgan fingerprint density at radius 1 is 1.14 bits per heavy atom. The molecule has 2 atom stereocenters. The van der Waals surface area contributed by atoms with Crippen molar-refractivity contribution in [1.82, 2.24) is 15.5 Å². The number of hydrogen-bond donors (Lipinski definition) is 3. The number of nitrogens with zero attached hydrogens (tertiary/aromatic N) is 1. The molecule has 0 saturated carbocycles. The summed E-state index contributed by atoms with van der Waals surface area (Å²) in [5.74, 6) is -0.829. The van der Waals surface area contributed by atoms with Crippen LogP contribution in [0.3, 0.4) is 0 Å². The van der Waals surface area contributed by atoms with Crippen molar-refractivity contribution in [2.75, 3.05) is 6.54 Å². The number of carbonyl (C=O) groups excluding carboxylic acids is 3. The molecule has 0 radical (unpaired) electrons. The Morgan fingerprint density at radius 3 is 2.66 bits per heavy atom. The van der Waals surface area contributed by atoms with E-state index in [1.165, 1.54) is 0 Å². The van der Waals surface area contributed by atoms with Gasteiger partial charge in [-0.2, -0.15) is 0 Å². The van der Waals surface area contributed by atoms with Gasteiger partial charge in [-0.1, -0.05) is 42.5 Å². The molecule has 0 bridgehead atoms. The van der Waals surface area contributed by atoms with Crippen LogP contribution in [0.4, 0.5) is 0 Å². The minimum Gasteiger partial charge on any atom is -0.329 e. The number of hydrogen-bond acceptors (Lipinski definition) is 5. The van der Waals surface area contributed by atoms with E-state index in [1.54, 1.807) is 4.90 Å². The van der Waals surface area contributed by atoms with E-state index in [0.29, 0.717) is 31.6 Å². The van der Waals surface area contributed by atoms with Crippen LogP contribution in [0.1, 0.15) is 45.9 Å². The van der Waals surface area contributed by atoms with Crippen LogP contribution in [0.25, 0.3) is 0 Å². The molecule has 29 heavy (non-hydrogen) atoms. The molecule has 7 nitrogen and oxygen atoms in total. The van der Waals surface area contributed by atoms with Crippen LogP contribution in [-0.2, 0) is 22.7 Å². The average molecular weight is 392 g/mol. The van der Waals surface area contributed by atoms with Gasteiger partial charge < -0.3 is 16.0 Å². The summed E-state index contributed by atoms with van der Waals surface area (Å²) in [5.41, 5.74) is 9.55. The number of imide groups is 1. The van der Waals surface area contributed by atoms with E-state index in [9.17, 15) is 14.4 Å². The molecule has 2 aliphatic rings. The summed E-state index contributed by atoms with van der Waals surface area (Å²) in [7, 11) is 0. The molecule has 4 N–H and O–H groups in total. The number of amides is 3. The first-order chi connectivity index (χ1) is 14.1. The van der Waals surface area contributed by atoms with Crippen molar-refractivity contribution < 1.29 is 14.4 Å². The maximum absolute atomic E-state index is 12.9. The first-order valence-corrected chi connectivity index (χ1v) is 9.81. The molecule has 150 valence electrons. The molecule has 2 aliphatic heterocycles. The Hall–Kier alpha value is -3.03. The lowest BCUT2D eigenvalue weighted by molar-refractivity contribution is -0.136. The van der Waals surface area contributed by atoms with Gasteiger partial charge in [0.05, 0.1) is 0 Å². The van der Waals surface area contributed by atoms with Crippen molar-refractivity contribution in [3.63, 3.8) is 0 Å². The summed E-state index contributed by atoms with van der Waals surface area (Å²) >= 11 is 0. The predicted octanol–water partition coefficient (Wildman–Crippen LogP) is 1.24. The number of nitrogens with one attached hydrogen (secondary N) is 2. The van der Waals surface area contributed by atoms with Crippen molar-refractivity contribution in [3.05, 3.63) is 70.8 Å². The second-order valence-corrected chi connectivity index (χ2v) is 7.47. The Labute approximate surface area is 169 Å². The van der Waals surface area contributed by atoms with Crippen molar-refractivity contribution >= 4 is 17.7 Å². The standard InChI is InChI=1S/C22H24N4O3/c23-11-18(15-4-2-1-3-5-15)24-12-14-6-7-16-13-26(22(29)17(16)10-14)19-8-9-20(27)25-21(19)28/h1-7,10,18-19,24H,8-9,11-13,23H2,(H,25,27,28)/t18-,19?/m0/s1. The van der Waals surface area contributed by atoms with Crippen LogP contribution in [0.15, 0.2) is 48.5 Å². The Kier molecular flexibility index (Phi) is 5.42. The summed E-state index contributed by atoms with van der Waals surface area (Å²) in [5, 5.41) is 5.77. The third kappa shape index (κ3) is 3.92. The summed E-state index contributed by atoms with van der Waals surface area (Å²) in [6.07, 6.45) is 0.625. The molecule has 1 fully saturated rings. The molecule has 0 spiro atoms. The number of nitrogens with two attached hydrogens (primary N) is 1. The van der Waals surface area contributed by atoms with E-state index in [1.807, 2.05) is 48.5 Å². The lowest BCUT2D eigenvalue weighted by Gasteiger charge is -2.29. The Bertz CT molecular complexity index is 944. The normalized spacial score (nSPS) is 19.8. The molecule has 4 rings (SSSR count). The highest BCUT2D eigenvalue weighted by Crippen LogP contribution is 2.28. The van der Waals surface area contributed by atoms with Gasteiger partial charge in [-0.3, -0.25) is 19.7 Å². The van der Waals surface area contributed by atoms with E-state index in [0.717, 1.165) is 16.7 Å². The third-order valence-electron chi connectivity index (χ3n) is 5.58. The van der Waals surface area contributed by atoms with E-state index in [2.05, 4.69) is 10.6 Å². The van der Waals surface area contributed by atoms with Gasteiger partial charge in [0.15, 0.2) is 0 Å². The van der Waals surface area contributed by atoms with Crippen LogP contribution in [0.5, 0.6) is 0 Å². The largest absolute Gasteiger partial charge is 0.329 e. The maximum atomic E-state index is 12.9. The summed E-state index contributed by atoms with van der Waals surface area (Å²) in [6, 6.07) is 15.3. The zero-order valence-corrected chi connectivity index (χ0v) is 16.1. The van der Waals surface area contributed by atoms with Gasteiger partial charge in [-0.05, 0) is 29.2 Å². The molecular formula is C22H24N4O3. The van der Waals surface area contributed by atoms with Crippen molar-refractivity contribution in [2.24, 2.45) is 5.73 Å². The number of fused-ring (bicyclic) bond motifs is 1. The van der Waals surface area contributed by atoms with Crippen LogP contribution >= 0.6 is 0 Å². The summed E-state index contributed by atoms with van der Waals surface area (Å²) < 4.78 is 0. The highest BCUT2D eigenvalue weighted by Gasteiger charge is 2.39. The average Bonchev–Trinajstić information content (AvgIpc) is 3.05. The van der Waals surface area contributed by atoms with Gasteiger partial charge in [0, 0.05) is 37.7 Å². The second-order valence-electron chi connectivity index (χ2n) is 7.47. The minimum absolute atomic E-state index is 0.0279. The molecule has 1 saturated heterocycles. The summed E-state index contributed by atoms with van der Waals surface area (Å²) in [4.78, 5) is 38.0. The molecular weight excluding hydrogens is 368 g/mol. The first kappa shape index (κ1) is 19.3. The molecule has 2 aromatic rings. The van der Waals surface area contributed by atoms with Crippen LogP contribution in [0, 0.1) is 0 Å². The molecule has 2 aromatic carbocycles. The predicted molar refractivity (Wildman–Crippen MR) is 108 cm³/mol. The monoisotopic (exact) mass is 392 g/mol. The van der Waals surface area contributed by atoms with Crippen molar-refractivity contribution in [3.8, 4) is 0 Å². The van der Waals surface area contributed by atoms with E-state index in [-0.39, 0.29) is 24.3 Å². The van der Waals surface area contributed by atoms with Crippen LogP contribution in [-0.4, -0.2) is 35.2 Å². The zero-order valence-electron chi connectivity index (χ0n) is 16.1. The lowest BCUT2D eigenvalue weighted by atomic mass is 10.0. The zero-order chi connectivity index (χ0) is 20.4. The minimum atomic E-state index is -0.589. The summed E-state index contributed by atoms with van der Waals surface area (Å²) in [6.45, 7) is 1.44. The van der Waals surface area contributed by atoms with Crippen LogP contribution < -0.4 is 16.4 Å². The van der Waals surface area contributed by atoms with E-state index < -0.39 is 11.9 Å². The first-order valence-electron chi connectivity index (χ1n) is 9.81.